The summed E-state index contributed by atoms with van der Waals surface area (Å²) in [6.07, 6.45) is 7.10. The van der Waals surface area contributed by atoms with E-state index >= 15 is 0 Å². The van der Waals surface area contributed by atoms with Gasteiger partial charge in [-0.05, 0) is 35.0 Å². The molecule has 0 aliphatic carbocycles. The second kappa shape index (κ2) is 8.05. The smallest absolute Gasteiger partial charge is 0.0971 e. The normalized spacial score (nSPS) is 11.7. The molecule has 4 nitrogen and oxygen atoms in total. The first-order valence-electron chi connectivity index (χ1n) is 9.74. The average molecular weight is 386 g/mol. The van der Waals surface area contributed by atoms with E-state index in [2.05, 4.69) is 46.4 Å². The van der Waals surface area contributed by atoms with Gasteiger partial charge in [-0.3, -0.25) is 20.0 Å². The van der Waals surface area contributed by atoms with Crippen molar-refractivity contribution in [1.82, 2.24) is 9.97 Å². The van der Waals surface area contributed by atoms with Gasteiger partial charge in [0.15, 0.2) is 0 Å². The first kappa shape index (κ1) is 17.9. The molecular weight excluding hydrogens is 368 g/mol. The van der Waals surface area contributed by atoms with E-state index in [9.17, 15) is 0 Å². The maximum Gasteiger partial charge on any atom is 0.0971 e. The Balaban J connectivity index is 1.78. The van der Waals surface area contributed by atoms with Crippen LogP contribution in [0.2, 0.25) is 0 Å². The van der Waals surface area contributed by atoms with Crippen molar-refractivity contribution in [1.29, 1.82) is 0 Å². The van der Waals surface area contributed by atoms with Gasteiger partial charge in [0.1, 0.15) is 0 Å². The number of hydrogen-bond acceptors (Lipinski definition) is 4. The monoisotopic (exact) mass is 386 g/mol. The summed E-state index contributed by atoms with van der Waals surface area (Å²) >= 11 is 0. The molecule has 142 valence electrons. The van der Waals surface area contributed by atoms with Crippen molar-refractivity contribution in [2.24, 2.45) is 9.98 Å². The summed E-state index contributed by atoms with van der Waals surface area (Å²) in [7, 11) is 0. The topological polar surface area (TPSA) is 50.5 Å². The molecule has 2 aromatic heterocycles. The van der Waals surface area contributed by atoms with Gasteiger partial charge in [-0.1, -0.05) is 60.7 Å². The SMILES string of the molecule is C(=Nc1c(N=Cc2ccccn2)c2ccccc2c2ccccc12)c1ccccn1. The van der Waals surface area contributed by atoms with Gasteiger partial charge in [0.2, 0.25) is 0 Å². The number of hydrogen-bond donors (Lipinski definition) is 0. The molecule has 0 radical (unpaired) electrons. The summed E-state index contributed by atoms with van der Waals surface area (Å²) in [6.45, 7) is 0. The Morgan fingerprint density at radius 1 is 0.467 bits per heavy atom. The first-order valence-corrected chi connectivity index (χ1v) is 9.74. The van der Waals surface area contributed by atoms with E-state index < -0.39 is 0 Å². The highest BCUT2D eigenvalue weighted by Crippen LogP contribution is 2.43. The quantitative estimate of drug-likeness (QED) is 0.269. The molecule has 2 heterocycles. The second-order valence-corrected chi connectivity index (χ2v) is 6.81. The van der Waals surface area contributed by atoms with Crippen LogP contribution in [0.4, 0.5) is 11.4 Å². The van der Waals surface area contributed by atoms with E-state index in [0.29, 0.717) is 0 Å². The van der Waals surface area contributed by atoms with Crippen molar-refractivity contribution in [3.05, 3.63) is 109 Å². The first-order chi connectivity index (χ1) is 14.9. The molecule has 0 saturated heterocycles. The molecule has 5 rings (SSSR count). The zero-order valence-corrected chi connectivity index (χ0v) is 16.2. The molecule has 0 atom stereocenters. The Bertz CT molecular complexity index is 1270. The van der Waals surface area contributed by atoms with Crippen LogP contribution in [0.3, 0.4) is 0 Å². The predicted octanol–water partition coefficient (Wildman–Crippen LogP) is 6.28. The maximum absolute atomic E-state index is 4.85. The number of fused-ring (bicyclic) bond motifs is 3. The summed E-state index contributed by atoms with van der Waals surface area (Å²) < 4.78 is 0. The molecular formula is C26H18N4. The summed E-state index contributed by atoms with van der Waals surface area (Å²) in [6, 6.07) is 28.2. The predicted molar refractivity (Wildman–Crippen MR) is 124 cm³/mol. The minimum absolute atomic E-state index is 0.800. The number of aliphatic imine (C=N–C) groups is 2. The molecule has 0 aliphatic heterocycles. The van der Waals surface area contributed by atoms with Crippen LogP contribution in [0, 0.1) is 0 Å². The summed E-state index contributed by atoms with van der Waals surface area (Å²) in [5.41, 5.74) is 3.24. The lowest BCUT2D eigenvalue weighted by atomic mass is 9.98. The van der Waals surface area contributed by atoms with E-state index in [4.69, 9.17) is 9.98 Å². The lowest BCUT2D eigenvalue weighted by molar-refractivity contribution is 1.30. The Hall–Kier alpha value is -4.18. The molecule has 0 saturated carbocycles. The fourth-order valence-corrected chi connectivity index (χ4v) is 3.53. The van der Waals surface area contributed by atoms with Gasteiger partial charge in [0.25, 0.3) is 0 Å². The van der Waals surface area contributed by atoms with Crippen LogP contribution in [0.25, 0.3) is 21.5 Å². The van der Waals surface area contributed by atoms with Crippen LogP contribution >= 0.6 is 0 Å². The van der Waals surface area contributed by atoms with Crippen molar-refractivity contribution in [2.45, 2.75) is 0 Å². The molecule has 0 fully saturated rings. The summed E-state index contributed by atoms with van der Waals surface area (Å²) in [5, 5.41) is 4.41. The number of nitrogens with zero attached hydrogens (tertiary/aromatic N) is 4. The molecule has 30 heavy (non-hydrogen) atoms. The zero-order chi connectivity index (χ0) is 20.2. The fraction of sp³-hybridized carbons (Fsp3) is 0. The average Bonchev–Trinajstić information content (AvgIpc) is 2.83. The summed E-state index contributed by atoms with van der Waals surface area (Å²) in [5.74, 6) is 0. The largest absolute Gasteiger partial charge is 0.255 e. The highest BCUT2D eigenvalue weighted by atomic mass is 14.8. The molecule has 0 unspecified atom stereocenters. The van der Waals surface area contributed by atoms with Crippen LogP contribution in [0.15, 0.2) is 107 Å². The lowest BCUT2D eigenvalue weighted by Crippen LogP contribution is -1.88. The molecule has 5 aromatic rings. The van der Waals surface area contributed by atoms with Crippen LogP contribution in [0.1, 0.15) is 11.4 Å². The van der Waals surface area contributed by atoms with E-state index in [-0.39, 0.29) is 0 Å². The van der Waals surface area contributed by atoms with Crippen molar-refractivity contribution < 1.29 is 0 Å². The van der Waals surface area contributed by atoms with E-state index in [1.807, 2.05) is 48.5 Å². The third-order valence-electron chi connectivity index (χ3n) is 4.91. The van der Waals surface area contributed by atoms with E-state index in [1.54, 1.807) is 24.8 Å². The van der Waals surface area contributed by atoms with E-state index in [1.165, 1.54) is 0 Å². The number of aromatic nitrogens is 2. The van der Waals surface area contributed by atoms with Crippen molar-refractivity contribution in [3.63, 3.8) is 0 Å². The number of rotatable bonds is 4. The van der Waals surface area contributed by atoms with Crippen LogP contribution in [0.5, 0.6) is 0 Å². The molecule has 0 amide bonds. The van der Waals surface area contributed by atoms with Gasteiger partial charge in [0, 0.05) is 23.2 Å². The van der Waals surface area contributed by atoms with Crippen molar-refractivity contribution >= 4 is 45.3 Å². The third kappa shape index (κ3) is 3.47. The van der Waals surface area contributed by atoms with Crippen LogP contribution in [-0.2, 0) is 0 Å². The van der Waals surface area contributed by atoms with Crippen molar-refractivity contribution in [3.8, 4) is 0 Å². The van der Waals surface area contributed by atoms with Gasteiger partial charge in [-0.2, -0.15) is 0 Å². The van der Waals surface area contributed by atoms with Crippen molar-refractivity contribution in [2.75, 3.05) is 0 Å². The third-order valence-corrected chi connectivity index (χ3v) is 4.91. The fourth-order valence-electron chi connectivity index (χ4n) is 3.53. The number of pyridine rings is 2. The molecule has 3 aromatic carbocycles. The van der Waals surface area contributed by atoms with Gasteiger partial charge >= 0.3 is 0 Å². The molecule has 0 aliphatic rings. The van der Waals surface area contributed by atoms with Crippen LogP contribution in [-0.4, -0.2) is 22.4 Å². The zero-order valence-electron chi connectivity index (χ0n) is 16.2. The molecule has 0 bridgehead atoms. The minimum Gasteiger partial charge on any atom is -0.255 e. The molecule has 4 heteroatoms. The Kier molecular flexibility index (Phi) is 4.80. The number of benzene rings is 3. The highest BCUT2D eigenvalue weighted by molar-refractivity contribution is 6.19. The second-order valence-electron chi connectivity index (χ2n) is 6.81. The molecule has 0 N–H and O–H groups in total. The molecule has 0 spiro atoms. The summed E-state index contributed by atoms with van der Waals surface area (Å²) in [4.78, 5) is 18.4. The van der Waals surface area contributed by atoms with Crippen LogP contribution < -0.4 is 0 Å². The van der Waals surface area contributed by atoms with Gasteiger partial charge in [-0.15, -0.1) is 0 Å². The highest BCUT2D eigenvalue weighted by Gasteiger charge is 2.13. The van der Waals surface area contributed by atoms with Gasteiger partial charge in [-0.25, -0.2) is 0 Å². The van der Waals surface area contributed by atoms with Gasteiger partial charge in [0.05, 0.1) is 35.2 Å². The maximum atomic E-state index is 4.85. The standard InChI is InChI=1S/C26H18N4/c1-3-13-23-21(11-1)22-12-2-4-14-24(22)26(30-18-20-10-6-8-16-28-20)25(23)29-17-19-9-5-7-15-27-19/h1-18H. The minimum atomic E-state index is 0.800. The van der Waals surface area contributed by atoms with E-state index in [0.717, 1.165) is 44.3 Å². The lowest BCUT2D eigenvalue weighted by Gasteiger charge is -2.11. The van der Waals surface area contributed by atoms with Gasteiger partial charge < -0.3 is 0 Å². The Labute approximate surface area is 174 Å². The Morgan fingerprint density at radius 2 is 0.867 bits per heavy atom. The Morgan fingerprint density at radius 3 is 1.27 bits per heavy atom.